The van der Waals surface area contributed by atoms with Crippen molar-refractivity contribution >= 4 is 53.9 Å². The summed E-state index contributed by atoms with van der Waals surface area (Å²) in [4.78, 5) is 10.5. The molecule has 1 aromatic heterocycles. The molecule has 0 amide bonds. The van der Waals surface area contributed by atoms with Gasteiger partial charge in [-0.05, 0) is 89.3 Å². The van der Waals surface area contributed by atoms with Gasteiger partial charge in [0.25, 0.3) is 0 Å². The van der Waals surface area contributed by atoms with Crippen LogP contribution in [0.5, 0.6) is 0 Å². The molecule has 0 fully saturated rings. The Morgan fingerprint density at radius 1 is 0.280 bits per heavy atom. The third-order valence-electron chi connectivity index (χ3n) is 10.0. The number of hydrogen-bond donors (Lipinski definition) is 0. The van der Waals surface area contributed by atoms with Crippen LogP contribution in [0.3, 0.4) is 0 Å². The van der Waals surface area contributed by atoms with Crippen LogP contribution in [-0.4, -0.2) is 9.97 Å². The standard InChI is InChI=1S/C48H30N2/c1-2-14-32(15-3-1)48-49-45(30-46(50-48)44-29-33-16-5-8-21-38(33)40-23-10-11-24-41(40)44)35-18-12-19-36(27-35)47-39-22-9-6-17-34(39)28-43-37-20-7-4-13-31(37)25-26-42(43)47/h1-30H. The predicted molar refractivity (Wildman–Crippen MR) is 211 cm³/mol. The van der Waals surface area contributed by atoms with Crippen molar-refractivity contribution in [2.45, 2.75) is 0 Å². The molecule has 0 unspecified atom stereocenters. The van der Waals surface area contributed by atoms with Gasteiger partial charge in [0, 0.05) is 16.7 Å². The first-order valence-electron chi connectivity index (χ1n) is 17.1. The molecule has 0 atom stereocenters. The third kappa shape index (κ3) is 4.65. The summed E-state index contributed by atoms with van der Waals surface area (Å²) in [7, 11) is 0. The summed E-state index contributed by atoms with van der Waals surface area (Å²) >= 11 is 0. The second-order valence-electron chi connectivity index (χ2n) is 13.0. The highest BCUT2D eigenvalue weighted by atomic mass is 14.9. The summed E-state index contributed by atoms with van der Waals surface area (Å²) in [5.74, 6) is 0.711. The van der Waals surface area contributed by atoms with Gasteiger partial charge in [0.05, 0.1) is 11.4 Å². The van der Waals surface area contributed by atoms with Crippen molar-refractivity contribution in [1.82, 2.24) is 9.97 Å². The Morgan fingerprint density at radius 2 is 0.860 bits per heavy atom. The van der Waals surface area contributed by atoms with Gasteiger partial charge in [-0.1, -0.05) is 158 Å². The van der Waals surface area contributed by atoms with Crippen molar-refractivity contribution in [3.05, 3.63) is 182 Å². The van der Waals surface area contributed by atoms with E-state index in [4.69, 9.17) is 9.97 Å². The average Bonchev–Trinajstić information content (AvgIpc) is 3.20. The molecule has 0 aliphatic rings. The molecule has 232 valence electrons. The van der Waals surface area contributed by atoms with E-state index in [1.54, 1.807) is 0 Å². The molecule has 0 radical (unpaired) electrons. The van der Waals surface area contributed by atoms with Crippen LogP contribution in [0.2, 0.25) is 0 Å². The fourth-order valence-corrected chi connectivity index (χ4v) is 7.68. The summed E-state index contributed by atoms with van der Waals surface area (Å²) in [6.07, 6.45) is 0. The molecule has 50 heavy (non-hydrogen) atoms. The van der Waals surface area contributed by atoms with Gasteiger partial charge in [0.1, 0.15) is 0 Å². The highest BCUT2D eigenvalue weighted by Crippen LogP contribution is 2.41. The van der Waals surface area contributed by atoms with Crippen LogP contribution in [0.4, 0.5) is 0 Å². The second kappa shape index (κ2) is 11.5. The Morgan fingerprint density at radius 3 is 1.66 bits per heavy atom. The Balaban J connectivity index is 1.22. The Kier molecular flexibility index (Phi) is 6.53. The van der Waals surface area contributed by atoms with Gasteiger partial charge >= 0.3 is 0 Å². The normalized spacial score (nSPS) is 11.6. The Hall–Kier alpha value is -6.64. The average molecular weight is 635 g/mol. The summed E-state index contributed by atoms with van der Waals surface area (Å²) in [6, 6.07) is 65.1. The van der Waals surface area contributed by atoms with E-state index in [1.165, 1.54) is 59.4 Å². The first kappa shape index (κ1) is 28.4. The van der Waals surface area contributed by atoms with Gasteiger partial charge in [0.15, 0.2) is 5.82 Å². The molecule has 2 nitrogen and oxygen atoms in total. The topological polar surface area (TPSA) is 25.8 Å². The van der Waals surface area contributed by atoms with Crippen LogP contribution in [-0.2, 0) is 0 Å². The number of rotatable bonds is 4. The maximum absolute atomic E-state index is 5.24. The zero-order valence-electron chi connectivity index (χ0n) is 27.2. The van der Waals surface area contributed by atoms with Crippen LogP contribution < -0.4 is 0 Å². The molecule has 10 aromatic rings. The Labute approximate surface area is 290 Å². The van der Waals surface area contributed by atoms with E-state index in [0.29, 0.717) is 5.82 Å². The van der Waals surface area contributed by atoms with Gasteiger partial charge < -0.3 is 0 Å². The van der Waals surface area contributed by atoms with Crippen LogP contribution in [0.25, 0.3) is 98.9 Å². The third-order valence-corrected chi connectivity index (χ3v) is 10.0. The Bertz CT molecular complexity index is 2920. The molecule has 0 saturated heterocycles. The monoisotopic (exact) mass is 634 g/mol. The van der Waals surface area contributed by atoms with Gasteiger partial charge in [-0.15, -0.1) is 0 Å². The van der Waals surface area contributed by atoms with Crippen molar-refractivity contribution in [1.29, 1.82) is 0 Å². The van der Waals surface area contributed by atoms with Crippen LogP contribution in [0, 0.1) is 0 Å². The molecule has 0 saturated carbocycles. The fourth-order valence-electron chi connectivity index (χ4n) is 7.68. The van der Waals surface area contributed by atoms with Gasteiger partial charge in [-0.3, -0.25) is 0 Å². The summed E-state index contributed by atoms with van der Waals surface area (Å²) in [6.45, 7) is 0. The molecular weight excluding hydrogens is 605 g/mol. The lowest BCUT2D eigenvalue weighted by Crippen LogP contribution is -1.97. The quantitative estimate of drug-likeness (QED) is 0.142. The zero-order valence-corrected chi connectivity index (χ0v) is 27.2. The summed E-state index contributed by atoms with van der Waals surface area (Å²) < 4.78 is 0. The molecule has 2 heteroatoms. The van der Waals surface area contributed by atoms with Crippen molar-refractivity contribution in [2.24, 2.45) is 0 Å². The first-order chi connectivity index (χ1) is 24.8. The smallest absolute Gasteiger partial charge is 0.160 e. The minimum Gasteiger partial charge on any atom is -0.228 e. The summed E-state index contributed by atoms with van der Waals surface area (Å²) in [5.41, 5.74) is 7.34. The molecule has 1 heterocycles. The number of benzene rings is 9. The highest BCUT2D eigenvalue weighted by Gasteiger charge is 2.17. The zero-order chi connectivity index (χ0) is 33.0. The fraction of sp³-hybridized carbons (Fsp3) is 0. The maximum Gasteiger partial charge on any atom is 0.160 e. The molecule has 10 rings (SSSR count). The van der Waals surface area contributed by atoms with E-state index in [2.05, 4.69) is 164 Å². The number of aromatic nitrogens is 2. The predicted octanol–water partition coefficient (Wildman–Crippen LogP) is 12.9. The summed E-state index contributed by atoms with van der Waals surface area (Å²) in [5, 5.41) is 12.3. The van der Waals surface area contributed by atoms with Gasteiger partial charge in [0.2, 0.25) is 0 Å². The SMILES string of the molecule is c1ccc(-c2nc(-c3cccc(-c4c5ccccc5cc5c4ccc4ccccc45)c3)cc(-c3cc4ccccc4c4ccccc34)n2)cc1. The first-order valence-corrected chi connectivity index (χ1v) is 17.1. The maximum atomic E-state index is 5.24. The van der Waals surface area contributed by atoms with Crippen molar-refractivity contribution < 1.29 is 0 Å². The van der Waals surface area contributed by atoms with Crippen LogP contribution in [0.15, 0.2) is 182 Å². The van der Waals surface area contributed by atoms with Crippen LogP contribution >= 0.6 is 0 Å². The lowest BCUT2D eigenvalue weighted by molar-refractivity contribution is 1.19. The molecule has 0 N–H and O–H groups in total. The molecule has 0 aliphatic heterocycles. The number of hydrogen-bond acceptors (Lipinski definition) is 2. The number of nitrogens with zero attached hydrogens (tertiary/aromatic N) is 2. The minimum absolute atomic E-state index is 0.711. The molecule has 0 aliphatic carbocycles. The van der Waals surface area contributed by atoms with E-state index in [-0.39, 0.29) is 0 Å². The molecule has 9 aromatic carbocycles. The van der Waals surface area contributed by atoms with Crippen molar-refractivity contribution in [3.8, 4) is 45.0 Å². The van der Waals surface area contributed by atoms with E-state index >= 15 is 0 Å². The molecule has 0 spiro atoms. The highest BCUT2D eigenvalue weighted by molar-refractivity contribution is 6.20. The van der Waals surface area contributed by atoms with Crippen molar-refractivity contribution in [2.75, 3.05) is 0 Å². The minimum atomic E-state index is 0.711. The van der Waals surface area contributed by atoms with Crippen molar-refractivity contribution in [3.63, 3.8) is 0 Å². The van der Waals surface area contributed by atoms with E-state index < -0.39 is 0 Å². The largest absolute Gasteiger partial charge is 0.228 e. The molecule has 0 bridgehead atoms. The lowest BCUT2D eigenvalue weighted by atomic mass is 9.89. The van der Waals surface area contributed by atoms with Gasteiger partial charge in [-0.2, -0.15) is 0 Å². The lowest BCUT2D eigenvalue weighted by Gasteiger charge is -2.16. The van der Waals surface area contributed by atoms with E-state index in [9.17, 15) is 0 Å². The second-order valence-corrected chi connectivity index (χ2v) is 13.0. The molecular formula is C48H30N2. The van der Waals surface area contributed by atoms with Crippen LogP contribution in [0.1, 0.15) is 0 Å². The van der Waals surface area contributed by atoms with Gasteiger partial charge in [-0.25, -0.2) is 9.97 Å². The van der Waals surface area contributed by atoms with E-state index in [0.717, 1.165) is 33.6 Å². The number of fused-ring (bicyclic) bond motifs is 7. The van der Waals surface area contributed by atoms with E-state index in [1.807, 2.05) is 18.2 Å².